The van der Waals surface area contributed by atoms with E-state index in [1.165, 1.54) is 24.3 Å². The summed E-state index contributed by atoms with van der Waals surface area (Å²) in [6.45, 7) is 1.74. The van der Waals surface area contributed by atoms with Crippen LogP contribution in [0.4, 0.5) is 0 Å². The fourth-order valence-corrected chi connectivity index (χ4v) is 4.68. The van der Waals surface area contributed by atoms with E-state index in [-0.39, 0.29) is 15.9 Å². The second kappa shape index (κ2) is 5.62. The number of hydrogen-bond acceptors (Lipinski definition) is 5. The maximum atomic E-state index is 12.8. The highest BCUT2D eigenvalue weighted by Crippen LogP contribution is 2.42. The highest BCUT2D eigenvalue weighted by molar-refractivity contribution is 7.91. The molecule has 6 heteroatoms. The molecular formula is C18H16N2O3S. The summed E-state index contributed by atoms with van der Waals surface area (Å²) in [5.74, 6) is 1.01. The molecule has 5 nitrogen and oxygen atoms in total. The minimum atomic E-state index is -3.62. The summed E-state index contributed by atoms with van der Waals surface area (Å²) in [7, 11) is -3.62. The first kappa shape index (κ1) is 15.2. The van der Waals surface area contributed by atoms with Gasteiger partial charge in [-0.2, -0.15) is 5.26 Å². The maximum absolute atomic E-state index is 12.8. The predicted molar refractivity (Wildman–Crippen MR) is 87.7 cm³/mol. The Kier molecular flexibility index (Phi) is 3.56. The number of ether oxygens (including phenoxy) is 1. The highest BCUT2D eigenvalue weighted by Gasteiger charge is 2.36. The van der Waals surface area contributed by atoms with Crippen LogP contribution in [0.25, 0.3) is 0 Å². The van der Waals surface area contributed by atoms with E-state index < -0.39 is 9.84 Å². The zero-order valence-electron chi connectivity index (χ0n) is 12.9. The van der Waals surface area contributed by atoms with Crippen molar-refractivity contribution in [3.05, 3.63) is 53.6 Å². The molecule has 0 bridgehead atoms. The number of hydrogen-bond donors (Lipinski definition) is 1. The van der Waals surface area contributed by atoms with E-state index >= 15 is 0 Å². The van der Waals surface area contributed by atoms with Gasteiger partial charge < -0.3 is 10.1 Å². The molecule has 2 unspecified atom stereocenters. The van der Waals surface area contributed by atoms with Crippen molar-refractivity contribution in [3.63, 3.8) is 0 Å². The summed E-state index contributed by atoms with van der Waals surface area (Å²) in [6, 6.07) is 13.1. The van der Waals surface area contributed by atoms with E-state index in [2.05, 4.69) is 5.32 Å². The molecule has 0 saturated carbocycles. The molecule has 2 heterocycles. The zero-order chi connectivity index (χ0) is 16.7. The molecule has 4 rings (SSSR count). The molecule has 0 spiro atoms. The number of sulfone groups is 1. The van der Waals surface area contributed by atoms with E-state index in [0.717, 1.165) is 25.1 Å². The molecule has 2 aromatic rings. The number of nitriles is 1. The summed E-state index contributed by atoms with van der Waals surface area (Å²) in [4.78, 5) is 0.399. The molecular weight excluding hydrogens is 324 g/mol. The zero-order valence-corrected chi connectivity index (χ0v) is 13.7. The molecule has 0 aromatic heterocycles. The van der Waals surface area contributed by atoms with Gasteiger partial charge in [0.05, 0.1) is 21.4 Å². The van der Waals surface area contributed by atoms with Gasteiger partial charge in [0, 0.05) is 18.0 Å². The molecule has 2 atom stereocenters. The van der Waals surface area contributed by atoms with E-state index in [1.54, 1.807) is 12.1 Å². The van der Waals surface area contributed by atoms with Gasteiger partial charge in [-0.05, 0) is 49.4 Å². The van der Waals surface area contributed by atoms with Gasteiger partial charge >= 0.3 is 0 Å². The number of nitrogens with one attached hydrogen (secondary N) is 1. The topological polar surface area (TPSA) is 79.2 Å². The lowest BCUT2D eigenvalue weighted by Crippen LogP contribution is -2.39. The molecule has 1 saturated heterocycles. The van der Waals surface area contributed by atoms with Gasteiger partial charge in [-0.1, -0.05) is 6.07 Å². The second-order valence-corrected chi connectivity index (χ2v) is 8.04. The Hall–Kier alpha value is -2.36. The van der Waals surface area contributed by atoms with Crippen molar-refractivity contribution in [3.8, 4) is 11.8 Å². The molecule has 0 aliphatic carbocycles. The molecule has 1 fully saturated rings. The van der Waals surface area contributed by atoms with Crippen molar-refractivity contribution < 1.29 is 13.2 Å². The van der Waals surface area contributed by atoms with E-state index in [9.17, 15) is 8.42 Å². The van der Waals surface area contributed by atoms with Crippen molar-refractivity contribution in [1.82, 2.24) is 5.32 Å². The number of fused-ring (bicyclic) bond motifs is 3. The second-order valence-electron chi connectivity index (χ2n) is 6.09. The largest absolute Gasteiger partial charge is 0.488 e. The Morgan fingerprint density at radius 3 is 2.62 bits per heavy atom. The number of piperidine rings is 1. The third kappa shape index (κ3) is 2.37. The quantitative estimate of drug-likeness (QED) is 0.907. The standard InChI is InChI=1S/C18H16N2O3S/c19-10-12-1-3-13(4-2-12)24(21,22)14-5-6-15-16-7-8-20-11-18(16)23-17(15)9-14/h1-6,9,16,18,20H,7-8,11H2. The third-order valence-corrected chi connectivity index (χ3v) is 6.46. The number of benzene rings is 2. The van der Waals surface area contributed by atoms with Crippen LogP contribution >= 0.6 is 0 Å². The SMILES string of the molecule is N#Cc1ccc(S(=O)(=O)c2ccc3c(c2)OC2CNCCC32)cc1. The van der Waals surface area contributed by atoms with Crippen LogP contribution in [0.15, 0.2) is 52.3 Å². The van der Waals surface area contributed by atoms with E-state index in [4.69, 9.17) is 10.00 Å². The van der Waals surface area contributed by atoms with Gasteiger partial charge in [0.1, 0.15) is 11.9 Å². The summed E-state index contributed by atoms with van der Waals surface area (Å²) in [5.41, 5.74) is 1.53. The van der Waals surface area contributed by atoms with Gasteiger partial charge in [0.2, 0.25) is 9.84 Å². The molecule has 0 amide bonds. The minimum Gasteiger partial charge on any atom is -0.488 e. The van der Waals surface area contributed by atoms with Crippen LogP contribution in [0.3, 0.4) is 0 Å². The van der Waals surface area contributed by atoms with Crippen molar-refractivity contribution in [2.75, 3.05) is 13.1 Å². The Morgan fingerprint density at radius 2 is 1.88 bits per heavy atom. The summed E-state index contributed by atoms with van der Waals surface area (Å²) in [6.07, 6.45) is 1.08. The fourth-order valence-electron chi connectivity index (χ4n) is 3.41. The van der Waals surface area contributed by atoms with Gasteiger partial charge in [-0.3, -0.25) is 0 Å². The Bertz CT molecular complexity index is 930. The molecule has 2 aliphatic rings. The summed E-state index contributed by atoms with van der Waals surface area (Å²) >= 11 is 0. The highest BCUT2D eigenvalue weighted by atomic mass is 32.2. The van der Waals surface area contributed by atoms with Crippen LogP contribution in [0, 0.1) is 11.3 Å². The summed E-state index contributed by atoms with van der Waals surface area (Å²) in [5, 5.41) is 12.1. The Labute approximate surface area is 140 Å². The normalized spacial score (nSPS) is 22.1. The fraction of sp³-hybridized carbons (Fsp3) is 0.278. The first-order valence-corrected chi connectivity index (χ1v) is 9.34. The van der Waals surface area contributed by atoms with Gasteiger partial charge in [-0.25, -0.2) is 8.42 Å². The molecule has 1 N–H and O–H groups in total. The minimum absolute atomic E-state index is 0.0848. The monoisotopic (exact) mass is 340 g/mol. The van der Waals surface area contributed by atoms with Gasteiger partial charge in [-0.15, -0.1) is 0 Å². The van der Waals surface area contributed by atoms with E-state index in [0.29, 0.717) is 17.2 Å². The van der Waals surface area contributed by atoms with Crippen LogP contribution in [0.1, 0.15) is 23.5 Å². The van der Waals surface area contributed by atoms with E-state index in [1.807, 2.05) is 12.1 Å². The maximum Gasteiger partial charge on any atom is 0.206 e. The number of nitrogens with zero attached hydrogens (tertiary/aromatic N) is 1. The first-order valence-electron chi connectivity index (χ1n) is 7.86. The third-order valence-electron chi connectivity index (χ3n) is 4.69. The summed E-state index contributed by atoms with van der Waals surface area (Å²) < 4.78 is 31.5. The van der Waals surface area contributed by atoms with Crippen molar-refractivity contribution in [2.24, 2.45) is 0 Å². The van der Waals surface area contributed by atoms with Crippen molar-refractivity contribution in [2.45, 2.75) is 28.2 Å². The molecule has 2 aliphatic heterocycles. The average Bonchev–Trinajstić information content (AvgIpc) is 2.99. The smallest absolute Gasteiger partial charge is 0.206 e. The lowest BCUT2D eigenvalue weighted by atomic mass is 9.90. The molecule has 0 radical (unpaired) electrons. The predicted octanol–water partition coefficient (Wildman–Crippen LogP) is 2.23. The van der Waals surface area contributed by atoms with Crippen molar-refractivity contribution in [1.29, 1.82) is 5.26 Å². The van der Waals surface area contributed by atoms with Crippen LogP contribution in [0.5, 0.6) is 5.75 Å². The van der Waals surface area contributed by atoms with Crippen LogP contribution in [-0.4, -0.2) is 27.6 Å². The lowest BCUT2D eigenvalue weighted by molar-refractivity contribution is 0.176. The number of rotatable bonds is 2. The molecule has 24 heavy (non-hydrogen) atoms. The van der Waals surface area contributed by atoms with Crippen LogP contribution in [-0.2, 0) is 9.84 Å². The van der Waals surface area contributed by atoms with Gasteiger partial charge in [0.15, 0.2) is 0 Å². The molecule has 2 aromatic carbocycles. The lowest BCUT2D eigenvalue weighted by Gasteiger charge is -2.24. The Morgan fingerprint density at radius 1 is 1.12 bits per heavy atom. The average molecular weight is 340 g/mol. The van der Waals surface area contributed by atoms with Crippen molar-refractivity contribution >= 4 is 9.84 Å². The van der Waals surface area contributed by atoms with Crippen LogP contribution in [0.2, 0.25) is 0 Å². The van der Waals surface area contributed by atoms with Crippen LogP contribution < -0.4 is 10.1 Å². The Balaban J connectivity index is 1.71. The van der Waals surface area contributed by atoms with Gasteiger partial charge in [0.25, 0.3) is 0 Å². The molecule has 122 valence electrons. The first-order chi connectivity index (χ1) is 11.6.